The lowest BCUT2D eigenvalue weighted by Crippen LogP contribution is -2.40. The van der Waals surface area contributed by atoms with Crippen LogP contribution in [-0.4, -0.2) is 44.9 Å². The van der Waals surface area contributed by atoms with Crippen molar-refractivity contribution in [3.05, 3.63) is 23.2 Å². The molecule has 6 nitrogen and oxygen atoms in total. The van der Waals surface area contributed by atoms with E-state index >= 15 is 0 Å². The molecule has 0 unspecified atom stereocenters. The van der Waals surface area contributed by atoms with Crippen LogP contribution < -0.4 is 10.1 Å². The number of hydrogen-bond acceptors (Lipinski definition) is 4. The molecule has 0 aliphatic heterocycles. The fraction of sp³-hybridized carbons (Fsp3) is 0.500. The minimum absolute atomic E-state index is 0.0344. The molecule has 8 heteroatoms. The molecule has 0 aromatic heterocycles. The summed E-state index contributed by atoms with van der Waals surface area (Å²) in [6, 6.07) is 4.27. The Bertz CT molecular complexity index is 619. The van der Waals surface area contributed by atoms with E-state index < -0.39 is 10.0 Å². The minimum Gasteiger partial charge on any atom is -0.492 e. The van der Waals surface area contributed by atoms with Crippen molar-refractivity contribution < 1.29 is 17.9 Å². The van der Waals surface area contributed by atoms with Crippen LogP contribution in [0.3, 0.4) is 0 Å². The largest absolute Gasteiger partial charge is 0.492 e. The molecule has 0 radical (unpaired) electrons. The van der Waals surface area contributed by atoms with Gasteiger partial charge in [-0.05, 0) is 32.0 Å². The maximum atomic E-state index is 12.6. The van der Waals surface area contributed by atoms with Crippen LogP contribution in [0, 0.1) is 0 Å². The smallest absolute Gasteiger partial charge is 0.243 e. The van der Waals surface area contributed by atoms with Gasteiger partial charge in [-0.3, -0.25) is 4.79 Å². The van der Waals surface area contributed by atoms with Gasteiger partial charge in [0.05, 0.1) is 23.1 Å². The molecule has 1 rings (SSSR count). The molecule has 1 aromatic rings. The van der Waals surface area contributed by atoms with Crippen LogP contribution in [0.5, 0.6) is 5.75 Å². The fourth-order valence-corrected chi connectivity index (χ4v) is 3.58. The Balaban J connectivity index is 3.05. The maximum absolute atomic E-state index is 12.6. The number of hydrogen-bond donors (Lipinski definition) is 1. The Morgan fingerprint density at radius 1 is 1.32 bits per heavy atom. The lowest BCUT2D eigenvalue weighted by atomic mass is 10.3. The third kappa shape index (κ3) is 4.59. The van der Waals surface area contributed by atoms with Gasteiger partial charge >= 0.3 is 0 Å². The van der Waals surface area contributed by atoms with Gasteiger partial charge in [-0.25, -0.2) is 8.42 Å². The number of nitrogens with zero attached hydrogens (tertiary/aromatic N) is 1. The molecule has 0 aliphatic carbocycles. The van der Waals surface area contributed by atoms with Crippen LogP contribution in [0.25, 0.3) is 0 Å². The summed E-state index contributed by atoms with van der Waals surface area (Å²) >= 11 is 6.03. The third-order valence-corrected chi connectivity index (χ3v) is 5.10. The van der Waals surface area contributed by atoms with Crippen molar-refractivity contribution in [1.82, 2.24) is 9.62 Å². The van der Waals surface area contributed by atoms with Crippen molar-refractivity contribution in [2.75, 3.05) is 26.2 Å². The molecule has 22 heavy (non-hydrogen) atoms. The first kappa shape index (κ1) is 18.7. The summed E-state index contributed by atoms with van der Waals surface area (Å²) < 4.78 is 31.5. The van der Waals surface area contributed by atoms with Crippen LogP contribution in [0.1, 0.15) is 20.8 Å². The van der Waals surface area contributed by atoms with Crippen LogP contribution in [-0.2, 0) is 14.8 Å². The van der Waals surface area contributed by atoms with Gasteiger partial charge in [-0.15, -0.1) is 0 Å². The quantitative estimate of drug-likeness (QED) is 0.778. The number of amides is 1. The molecular weight excluding hydrogens is 328 g/mol. The molecule has 1 amide bonds. The van der Waals surface area contributed by atoms with E-state index in [4.69, 9.17) is 16.3 Å². The van der Waals surface area contributed by atoms with Gasteiger partial charge in [0.1, 0.15) is 5.75 Å². The number of carbonyl (C=O) groups is 1. The van der Waals surface area contributed by atoms with Gasteiger partial charge in [-0.2, -0.15) is 4.31 Å². The Hall–Kier alpha value is -1.31. The highest BCUT2D eigenvalue weighted by atomic mass is 35.5. The Morgan fingerprint density at radius 2 is 2.00 bits per heavy atom. The van der Waals surface area contributed by atoms with E-state index in [9.17, 15) is 13.2 Å². The highest BCUT2D eigenvalue weighted by Crippen LogP contribution is 2.28. The molecule has 0 aliphatic rings. The van der Waals surface area contributed by atoms with Crippen molar-refractivity contribution in [2.24, 2.45) is 0 Å². The molecule has 0 bridgehead atoms. The first-order valence-corrected chi connectivity index (χ1v) is 8.87. The van der Waals surface area contributed by atoms with Crippen molar-refractivity contribution in [1.29, 1.82) is 0 Å². The second-order valence-electron chi connectivity index (χ2n) is 4.41. The van der Waals surface area contributed by atoms with Crippen molar-refractivity contribution in [3.8, 4) is 5.75 Å². The highest BCUT2D eigenvalue weighted by Gasteiger charge is 2.25. The van der Waals surface area contributed by atoms with Crippen LogP contribution in [0.2, 0.25) is 5.02 Å². The van der Waals surface area contributed by atoms with Gasteiger partial charge in [0.2, 0.25) is 15.9 Å². The summed E-state index contributed by atoms with van der Waals surface area (Å²) in [6.45, 7) is 6.10. The molecule has 0 fully saturated rings. The SMILES string of the molecule is CCNC(=O)CN(CC)S(=O)(=O)c1ccc(OCC)c(Cl)c1. The molecular formula is C14H21ClN2O4S. The van der Waals surface area contributed by atoms with Gasteiger partial charge < -0.3 is 10.1 Å². The number of ether oxygens (including phenoxy) is 1. The summed E-state index contributed by atoms with van der Waals surface area (Å²) in [6.07, 6.45) is 0. The number of sulfonamides is 1. The molecule has 0 saturated heterocycles. The predicted molar refractivity (Wildman–Crippen MR) is 85.7 cm³/mol. The number of likely N-dealkylation sites (N-methyl/N-ethyl adjacent to an activating group) is 2. The van der Waals surface area contributed by atoms with E-state index in [-0.39, 0.29) is 28.9 Å². The average molecular weight is 349 g/mol. The van der Waals surface area contributed by atoms with E-state index in [0.29, 0.717) is 18.9 Å². The Morgan fingerprint density at radius 3 is 2.50 bits per heavy atom. The summed E-state index contributed by atoms with van der Waals surface area (Å²) in [5.74, 6) is 0.0832. The van der Waals surface area contributed by atoms with Crippen molar-refractivity contribution in [2.45, 2.75) is 25.7 Å². The minimum atomic E-state index is -3.79. The number of rotatable bonds is 8. The lowest BCUT2D eigenvalue weighted by Gasteiger charge is -2.20. The van der Waals surface area contributed by atoms with Gasteiger partial charge in [0.15, 0.2) is 0 Å². The predicted octanol–water partition coefficient (Wildman–Crippen LogP) is 1.89. The second-order valence-corrected chi connectivity index (χ2v) is 6.76. The summed E-state index contributed by atoms with van der Waals surface area (Å²) in [7, 11) is -3.79. The normalized spacial score (nSPS) is 11.5. The molecule has 0 saturated carbocycles. The average Bonchev–Trinajstić information content (AvgIpc) is 2.47. The van der Waals surface area contributed by atoms with E-state index in [1.807, 2.05) is 6.92 Å². The standard InChI is InChI=1S/C14H21ClN2O4S/c1-4-16-14(18)10-17(5-2)22(19,20)11-7-8-13(21-6-3)12(15)9-11/h7-9H,4-6,10H2,1-3H3,(H,16,18). The fourth-order valence-electron chi connectivity index (χ4n) is 1.84. The molecule has 124 valence electrons. The Labute approximate surface area is 136 Å². The van der Waals surface area contributed by atoms with Crippen molar-refractivity contribution >= 4 is 27.5 Å². The van der Waals surface area contributed by atoms with Gasteiger partial charge in [0.25, 0.3) is 0 Å². The molecule has 0 atom stereocenters. The lowest BCUT2D eigenvalue weighted by molar-refractivity contribution is -0.121. The van der Waals surface area contributed by atoms with E-state index in [1.54, 1.807) is 13.8 Å². The molecule has 1 N–H and O–H groups in total. The number of carbonyl (C=O) groups excluding carboxylic acids is 1. The third-order valence-electron chi connectivity index (χ3n) is 2.89. The molecule has 0 spiro atoms. The number of benzene rings is 1. The monoisotopic (exact) mass is 348 g/mol. The van der Waals surface area contributed by atoms with Crippen LogP contribution >= 0.6 is 11.6 Å². The molecule has 0 heterocycles. The maximum Gasteiger partial charge on any atom is 0.243 e. The Kier molecular flexibility index (Phi) is 7.12. The zero-order chi connectivity index (χ0) is 16.8. The van der Waals surface area contributed by atoms with Crippen molar-refractivity contribution in [3.63, 3.8) is 0 Å². The molecule has 1 aromatic carbocycles. The van der Waals surface area contributed by atoms with E-state index in [0.717, 1.165) is 4.31 Å². The van der Waals surface area contributed by atoms with E-state index in [1.165, 1.54) is 18.2 Å². The topological polar surface area (TPSA) is 75.7 Å². The highest BCUT2D eigenvalue weighted by molar-refractivity contribution is 7.89. The van der Waals surface area contributed by atoms with Gasteiger partial charge in [0, 0.05) is 13.1 Å². The number of halogens is 1. The zero-order valence-corrected chi connectivity index (χ0v) is 14.5. The first-order valence-electron chi connectivity index (χ1n) is 7.05. The second kappa shape index (κ2) is 8.36. The summed E-state index contributed by atoms with van der Waals surface area (Å²) in [5, 5.41) is 2.80. The number of nitrogens with one attached hydrogen (secondary N) is 1. The van der Waals surface area contributed by atoms with Crippen LogP contribution in [0.4, 0.5) is 0 Å². The summed E-state index contributed by atoms with van der Waals surface area (Å²) in [5.41, 5.74) is 0. The zero-order valence-electron chi connectivity index (χ0n) is 12.9. The van der Waals surface area contributed by atoms with Crippen LogP contribution in [0.15, 0.2) is 23.1 Å². The van der Waals surface area contributed by atoms with E-state index in [2.05, 4.69) is 5.32 Å². The first-order chi connectivity index (χ1) is 10.4. The van der Waals surface area contributed by atoms with Gasteiger partial charge in [-0.1, -0.05) is 18.5 Å². The summed E-state index contributed by atoms with van der Waals surface area (Å²) in [4.78, 5) is 11.7.